The third-order valence-electron chi connectivity index (χ3n) is 2.91. The van der Waals surface area contributed by atoms with E-state index >= 15 is 0 Å². The van der Waals surface area contributed by atoms with Crippen molar-refractivity contribution in [2.45, 2.75) is 19.4 Å². The van der Waals surface area contributed by atoms with Gasteiger partial charge in [0, 0.05) is 12.5 Å². The van der Waals surface area contributed by atoms with Crippen LogP contribution in [0.1, 0.15) is 12.7 Å². The van der Waals surface area contributed by atoms with E-state index in [1.165, 1.54) is 0 Å². The number of furan rings is 1. The fraction of sp³-hybridized carbons (Fsp3) is 0.214. The Hall–Kier alpha value is -2.43. The Labute approximate surface area is 110 Å². The molecule has 3 aromatic rings. The molecule has 1 aromatic carbocycles. The number of benzene rings is 1. The quantitative estimate of drug-likeness (QED) is 0.702. The molecule has 19 heavy (non-hydrogen) atoms. The van der Waals surface area contributed by atoms with Gasteiger partial charge in [0.2, 0.25) is 0 Å². The Morgan fingerprint density at radius 1 is 1.32 bits per heavy atom. The predicted octanol–water partition coefficient (Wildman–Crippen LogP) is 3.05. The highest BCUT2D eigenvalue weighted by Gasteiger charge is 2.11. The predicted molar refractivity (Wildman–Crippen MR) is 73.9 cm³/mol. The summed E-state index contributed by atoms with van der Waals surface area (Å²) in [6, 6.07) is 9.96. The summed E-state index contributed by atoms with van der Waals surface area (Å²) in [6.45, 7) is 2.04. The average Bonchev–Trinajstić information content (AvgIpc) is 2.98. The van der Waals surface area contributed by atoms with Crippen molar-refractivity contribution in [2.75, 3.05) is 11.1 Å². The molecule has 3 N–H and O–H groups in total. The topological polar surface area (TPSA) is 77.2 Å². The van der Waals surface area contributed by atoms with Gasteiger partial charge in [-0.25, -0.2) is 0 Å². The number of nitrogens with one attached hydrogen (secondary N) is 1. The van der Waals surface area contributed by atoms with E-state index in [9.17, 15) is 0 Å². The van der Waals surface area contributed by atoms with Gasteiger partial charge in [0.25, 0.3) is 6.01 Å². The number of oxazole rings is 1. The molecule has 0 radical (unpaired) electrons. The van der Waals surface area contributed by atoms with Crippen molar-refractivity contribution in [1.82, 2.24) is 4.98 Å². The molecule has 2 heterocycles. The molecule has 0 amide bonds. The molecule has 5 heteroatoms. The minimum Gasteiger partial charge on any atom is -0.469 e. The molecule has 98 valence electrons. The summed E-state index contributed by atoms with van der Waals surface area (Å²) in [6.07, 6.45) is 2.43. The summed E-state index contributed by atoms with van der Waals surface area (Å²) < 4.78 is 10.9. The summed E-state index contributed by atoms with van der Waals surface area (Å²) in [7, 11) is 0. The van der Waals surface area contributed by atoms with Gasteiger partial charge in [-0.15, -0.1) is 0 Å². The van der Waals surface area contributed by atoms with E-state index in [0.29, 0.717) is 22.8 Å². The number of fused-ring (bicyclic) bond motifs is 1. The van der Waals surface area contributed by atoms with Crippen LogP contribution in [0.5, 0.6) is 0 Å². The summed E-state index contributed by atoms with van der Waals surface area (Å²) in [5.41, 5.74) is 7.84. The number of nitrogens with two attached hydrogens (primary N) is 1. The first-order valence-electron chi connectivity index (χ1n) is 6.16. The van der Waals surface area contributed by atoms with E-state index in [1.807, 2.05) is 31.2 Å². The highest BCUT2D eigenvalue weighted by atomic mass is 16.4. The van der Waals surface area contributed by atoms with Gasteiger partial charge in [-0.1, -0.05) is 6.07 Å². The van der Waals surface area contributed by atoms with Crippen LogP contribution in [-0.2, 0) is 6.42 Å². The number of aromatic nitrogens is 1. The molecule has 0 aliphatic heterocycles. The molecule has 0 bridgehead atoms. The third-order valence-corrected chi connectivity index (χ3v) is 2.91. The van der Waals surface area contributed by atoms with Crippen molar-refractivity contribution in [2.24, 2.45) is 0 Å². The summed E-state index contributed by atoms with van der Waals surface area (Å²) in [4.78, 5) is 4.35. The van der Waals surface area contributed by atoms with Crippen molar-refractivity contribution >= 4 is 22.8 Å². The first-order chi connectivity index (χ1) is 9.22. The molecule has 0 spiro atoms. The van der Waals surface area contributed by atoms with E-state index in [4.69, 9.17) is 14.6 Å². The first-order valence-corrected chi connectivity index (χ1v) is 6.16. The van der Waals surface area contributed by atoms with E-state index in [1.54, 1.807) is 12.3 Å². The second kappa shape index (κ2) is 4.68. The summed E-state index contributed by atoms with van der Waals surface area (Å²) >= 11 is 0. The summed E-state index contributed by atoms with van der Waals surface area (Å²) in [5.74, 6) is 0.927. The molecule has 2 aromatic heterocycles. The van der Waals surface area contributed by atoms with E-state index in [2.05, 4.69) is 10.3 Å². The van der Waals surface area contributed by atoms with Gasteiger partial charge >= 0.3 is 0 Å². The van der Waals surface area contributed by atoms with Gasteiger partial charge in [0.05, 0.1) is 12.0 Å². The molecule has 1 unspecified atom stereocenters. The maximum atomic E-state index is 5.84. The van der Waals surface area contributed by atoms with E-state index < -0.39 is 0 Å². The second-order valence-corrected chi connectivity index (χ2v) is 4.54. The molecule has 0 fully saturated rings. The molecular weight excluding hydrogens is 242 g/mol. The minimum atomic E-state index is 0.153. The number of hydrogen-bond donors (Lipinski definition) is 2. The SMILES string of the molecule is CC(Cc1ccco1)Nc1nc2c(N)cccc2o1. The molecule has 0 aliphatic carbocycles. The third kappa shape index (κ3) is 2.40. The van der Waals surface area contributed by atoms with Crippen LogP contribution in [0.25, 0.3) is 11.1 Å². The molecule has 0 aliphatic rings. The van der Waals surface area contributed by atoms with E-state index in [-0.39, 0.29) is 6.04 Å². The highest BCUT2D eigenvalue weighted by Crippen LogP contribution is 2.24. The largest absolute Gasteiger partial charge is 0.469 e. The Bertz CT molecular complexity index is 673. The molecule has 0 saturated heterocycles. The van der Waals surface area contributed by atoms with Gasteiger partial charge in [-0.3, -0.25) is 0 Å². The smallest absolute Gasteiger partial charge is 0.295 e. The lowest BCUT2D eigenvalue weighted by Crippen LogP contribution is -2.17. The van der Waals surface area contributed by atoms with Crippen LogP contribution in [-0.4, -0.2) is 11.0 Å². The van der Waals surface area contributed by atoms with Crippen molar-refractivity contribution in [1.29, 1.82) is 0 Å². The Balaban J connectivity index is 1.76. The zero-order chi connectivity index (χ0) is 13.2. The number of anilines is 2. The van der Waals surface area contributed by atoms with Crippen LogP contribution in [0.3, 0.4) is 0 Å². The zero-order valence-corrected chi connectivity index (χ0v) is 10.6. The zero-order valence-electron chi connectivity index (χ0n) is 10.6. The number of rotatable bonds is 4. The minimum absolute atomic E-state index is 0.153. The molecule has 5 nitrogen and oxygen atoms in total. The standard InChI is InChI=1S/C14H15N3O2/c1-9(8-10-4-3-7-18-10)16-14-17-13-11(15)5-2-6-12(13)19-14/h2-7,9H,8,15H2,1H3,(H,16,17). The van der Waals surface area contributed by atoms with Crippen LogP contribution in [0.2, 0.25) is 0 Å². The average molecular weight is 257 g/mol. The normalized spacial score (nSPS) is 12.7. The van der Waals surface area contributed by atoms with Gasteiger partial charge < -0.3 is 19.9 Å². The number of nitrogen functional groups attached to an aromatic ring is 1. The fourth-order valence-corrected chi connectivity index (χ4v) is 2.02. The lowest BCUT2D eigenvalue weighted by atomic mass is 10.2. The maximum absolute atomic E-state index is 5.84. The monoisotopic (exact) mass is 257 g/mol. The van der Waals surface area contributed by atoms with Crippen molar-refractivity contribution in [3.8, 4) is 0 Å². The molecule has 3 rings (SSSR count). The van der Waals surface area contributed by atoms with Crippen LogP contribution in [0.4, 0.5) is 11.7 Å². The van der Waals surface area contributed by atoms with Crippen LogP contribution >= 0.6 is 0 Å². The fourth-order valence-electron chi connectivity index (χ4n) is 2.02. The maximum Gasteiger partial charge on any atom is 0.295 e. The number of hydrogen-bond acceptors (Lipinski definition) is 5. The first kappa shape index (κ1) is 11.6. The van der Waals surface area contributed by atoms with Gasteiger partial charge in [0.1, 0.15) is 11.3 Å². The van der Waals surface area contributed by atoms with Crippen molar-refractivity contribution < 1.29 is 8.83 Å². The van der Waals surface area contributed by atoms with Gasteiger partial charge in [-0.05, 0) is 31.2 Å². The lowest BCUT2D eigenvalue weighted by molar-refractivity contribution is 0.493. The highest BCUT2D eigenvalue weighted by molar-refractivity contribution is 5.86. The Kier molecular flexibility index (Phi) is 2.87. The molecule has 0 saturated carbocycles. The Morgan fingerprint density at radius 2 is 2.21 bits per heavy atom. The molecular formula is C14H15N3O2. The Morgan fingerprint density at radius 3 is 2.95 bits per heavy atom. The molecule has 1 atom stereocenters. The summed E-state index contributed by atoms with van der Waals surface area (Å²) in [5, 5.41) is 3.20. The lowest BCUT2D eigenvalue weighted by Gasteiger charge is -2.09. The van der Waals surface area contributed by atoms with Gasteiger partial charge in [-0.2, -0.15) is 4.98 Å². The number of para-hydroxylation sites is 1. The number of nitrogens with zero attached hydrogens (tertiary/aromatic N) is 1. The van der Waals surface area contributed by atoms with Crippen LogP contribution in [0.15, 0.2) is 45.4 Å². The van der Waals surface area contributed by atoms with E-state index in [0.717, 1.165) is 12.2 Å². The van der Waals surface area contributed by atoms with Crippen molar-refractivity contribution in [3.05, 3.63) is 42.4 Å². The second-order valence-electron chi connectivity index (χ2n) is 4.54. The van der Waals surface area contributed by atoms with Gasteiger partial charge in [0.15, 0.2) is 5.58 Å². The van der Waals surface area contributed by atoms with Crippen molar-refractivity contribution in [3.63, 3.8) is 0 Å². The van der Waals surface area contributed by atoms with Crippen LogP contribution < -0.4 is 11.1 Å². The van der Waals surface area contributed by atoms with Crippen LogP contribution in [0, 0.1) is 0 Å².